The molecule has 0 radical (unpaired) electrons. The van der Waals surface area contributed by atoms with Crippen molar-refractivity contribution in [2.45, 2.75) is 4.90 Å². The number of hydrogen-bond acceptors (Lipinski definition) is 8. The fourth-order valence-corrected chi connectivity index (χ4v) is 5.62. The number of methoxy groups -OCH3 is 2. The molecule has 202 valence electrons. The molecule has 39 heavy (non-hydrogen) atoms. The highest BCUT2D eigenvalue weighted by Gasteiger charge is 2.25. The molecule has 4 aromatic rings. The molecule has 2 aromatic carbocycles. The monoisotopic (exact) mass is 547 g/mol. The zero-order chi connectivity index (χ0) is 27.6. The van der Waals surface area contributed by atoms with E-state index in [4.69, 9.17) is 9.47 Å². The first-order valence-corrected chi connectivity index (χ1v) is 13.9. The average molecular weight is 548 g/mol. The maximum atomic E-state index is 13.3. The lowest BCUT2D eigenvalue weighted by molar-refractivity contribution is 0.0660. The van der Waals surface area contributed by atoms with Gasteiger partial charge < -0.3 is 19.3 Å². The topological polar surface area (TPSA) is 114 Å². The van der Waals surface area contributed by atoms with Crippen LogP contribution in [-0.4, -0.2) is 81.5 Å². The second kappa shape index (κ2) is 10.9. The van der Waals surface area contributed by atoms with Crippen molar-refractivity contribution in [3.8, 4) is 22.8 Å². The van der Waals surface area contributed by atoms with Crippen molar-refractivity contribution in [3.63, 3.8) is 0 Å². The van der Waals surface area contributed by atoms with Crippen LogP contribution in [0.2, 0.25) is 0 Å². The number of carbonyl (C=O) groups is 1. The van der Waals surface area contributed by atoms with Crippen molar-refractivity contribution >= 4 is 32.5 Å². The predicted octanol–water partition coefficient (Wildman–Crippen LogP) is 3.50. The first kappa shape index (κ1) is 26.4. The normalized spacial score (nSPS) is 14.3. The maximum absolute atomic E-state index is 13.3. The van der Waals surface area contributed by atoms with Crippen molar-refractivity contribution in [2.75, 3.05) is 52.2 Å². The number of pyridine rings is 2. The molecule has 1 fully saturated rings. The number of nitrogens with zero attached hydrogens (tertiary/aromatic N) is 4. The molecule has 11 heteroatoms. The van der Waals surface area contributed by atoms with Gasteiger partial charge in [-0.1, -0.05) is 24.3 Å². The number of hydrogen-bond donors (Lipinski definition) is 1. The zero-order valence-corrected chi connectivity index (χ0v) is 22.7. The van der Waals surface area contributed by atoms with Gasteiger partial charge in [0, 0.05) is 49.5 Å². The van der Waals surface area contributed by atoms with Crippen LogP contribution in [0.25, 0.3) is 22.0 Å². The molecule has 0 unspecified atom stereocenters. The van der Waals surface area contributed by atoms with Gasteiger partial charge in [-0.3, -0.25) is 14.5 Å². The van der Waals surface area contributed by atoms with E-state index in [2.05, 4.69) is 19.6 Å². The van der Waals surface area contributed by atoms with Gasteiger partial charge in [0.1, 0.15) is 17.0 Å². The van der Waals surface area contributed by atoms with Gasteiger partial charge >= 0.3 is 0 Å². The minimum absolute atomic E-state index is 0.122. The van der Waals surface area contributed by atoms with Crippen molar-refractivity contribution in [1.29, 1.82) is 0 Å². The molecule has 0 bridgehead atoms. The molecule has 1 amide bonds. The summed E-state index contributed by atoms with van der Waals surface area (Å²) in [5.74, 6) is 0.457. The van der Waals surface area contributed by atoms with Crippen molar-refractivity contribution in [3.05, 3.63) is 72.6 Å². The highest BCUT2D eigenvalue weighted by atomic mass is 32.2. The van der Waals surface area contributed by atoms with E-state index in [1.807, 2.05) is 30.1 Å². The fraction of sp³-hybridized carbons (Fsp3) is 0.250. The highest BCUT2D eigenvalue weighted by molar-refractivity contribution is 7.92. The quantitative estimate of drug-likeness (QED) is 0.374. The standard InChI is InChI=1S/C28H29N5O5S/c1-32-11-13-33(14-12-32)28(34)23-18-29-24-10-9-19(15-22(24)26(23)37-2)20-16-25(27(38-3)30-17-20)31-39(35,36)21-7-5-4-6-8-21/h4-10,15-18,31H,11-14H2,1-3H3. The smallest absolute Gasteiger partial charge is 0.262 e. The Kier molecular flexibility index (Phi) is 7.36. The predicted molar refractivity (Wildman–Crippen MR) is 149 cm³/mol. The van der Waals surface area contributed by atoms with Crippen LogP contribution in [-0.2, 0) is 10.0 Å². The number of ether oxygens (including phenoxy) is 2. The van der Waals surface area contributed by atoms with E-state index in [0.29, 0.717) is 40.9 Å². The Labute approximate surface area is 227 Å². The van der Waals surface area contributed by atoms with Crippen LogP contribution < -0.4 is 14.2 Å². The number of anilines is 1. The van der Waals surface area contributed by atoms with Crippen molar-refractivity contribution in [1.82, 2.24) is 19.8 Å². The Morgan fingerprint density at radius 1 is 0.897 bits per heavy atom. The molecule has 3 heterocycles. The number of amides is 1. The fourth-order valence-electron chi connectivity index (χ4n) is 4.55. The lowest BCUT2D eigenvalue weighted by Crippen LogP contribution is -2.47. The van der Waals surface area contributed by atoms with Gasteiger partial charge in [0.25, 0.3) is 15.9 Å². The van der Waals surface area contributed by atoms with Crippen molar-refractivity contribution < 1.29 is 22.7 Å². The lowest BCUT2D eigenvalue weighted by atomic mass is 10.0. The SMILES string of the molecule is COc1ncc(-c2ccc3ncc(C(=O)N4CCN(C)CC4)c(OC)c3c2)cc1NS(=O)(=O)c1ccccc1. The lowest BCUT2D eigenvalue weighted by Gasteiger charge is -2.32. The zero-order valence-electron chi connectivity index (χ0n) is 21.9. The number of likely N-dealkylation sites (N-methyl/N-ethyl adjacent to an activating group) is 1. The van der Waals surface area contributed by atoms with Gasteiger partial charge in [0.15, 0.2) is 0 Å². The summed E-state index contributed by atoms with van der Waals surface area (Å²) < 4.78 is 39.6. The number of piperazine rings is 1. The van der Waals surface area contributed by atoms with Crippen molar-refractivity contribution in [2.24, 2.45) is 0 Å². The molecule has 1 aliphatic rings. The van der Waals surface area contributed by atoms with E-state index in [9.17, 15) is 13.2 Å². The Hall–Kier alpha value is -4.22. The average Bonchev–Trinajstić information content (AvgIpc) is 2.96. The summed E-state index contributed by atoms with van der Waals surface area (Å²) in [5, 5.41) is 0.664. The summed E-state index contributed by atoms with van der Waals surface area (Å²) in [4.78, 5) is 26.3. The van der Waals surface area contributed by atoms with Crippen LogP contribution in [0.3, 0.4) is 0 Å². The van der Waals surface area contributed by atoms with Gasteiger partial charge in [-0.15, -0.1) is 0 Å². The van der Waals surface area contributed by atoms with Crippen LogP contribution in [0.1, 0.15) is 10.4 Å². The van der Waals surface area contributed by atoms with Crippen LogP contribution in [0.4, 0.5) is 5.69 Å². The van der Waals surface area contributed by atoms with E-state index in [1.54, 1.807) is 36.7 Å². The number of aromatic nitrogens is 2. The first-order chi connectivity index (χ1) is 18.8. The number of nitrogens with one attached hydrogen (secondary N) is 1. The van der Waals surface area contributed by atoms with Crippen LogP contribution >= 0.6 is 0 Å². The summed E-state index contributed by atoms with van der Waals surface area (Å²) in [6.45, 7) is 2.88. The van der Waals surface area contributed by atoms with Crippen LogP contribution in [0.5, 0.6) is 11.6 Å². The molecule has 0 saturated carbocycles. The largest absolute Gasteiger partial charge is 0.495 e. The van der Waals surface area contributed by atoms with E-state index < -0.39 is 10.0 Å². The summed E-state index contributed by atoms with van der Waals surface area (Å²) in [7, 11) is 1.13. The molecule has 1 saturated heterocycles. The molecule has 0 spiro atoms. The molecule has 10 nitrogen and oxygen atoms in total. The number of carbonyl (C=O) groups excluding carboxylic acids is 1. The first-order valence-electron chi connectivity index (χ1n) is 12.4. The summed E-state index contributed by atoms with van der Waals surface area (Å²) >= 11 is 0. The third kappa shape index (κ3) is 5.36. The molecule has 0 aliphatic carbocycles. The molecular weight excluding hydrogens is 518 g/mol. The second-order valence-corrected chi connectivity index (χ2v) is 10.9. The minimum atomic E-state index is -3.86. The molecule has 1 N–H and O–H groups in total. The van der Waals surface area contributed by atoms with Gasteiger partial charge in [-0.05, 0) is 42.9 Å². The van der Waals surface area contributed by atoms with Gasteiger partial charge in [-0.2, -0.15) is 0 Å². The number of sulfonamides is 1. The molecule has 2 aromatic heterocycles. The van der Waals surface area contributed by atoms with E-state index in [-0.39, 0.29) is 22.4 Å². The minimum Gasteiger partial charge on any atom is -0.495 e. The van der Waals surface area contributed by atoms with Gasteiger partial charge in [0.2, 0.25) is 5.88 Å². The van der Waals surface area contributed by atoms with Gasteiger partial charge in [0.05, 0.1) is 24.6 Å². The Morgan fingerprint density at radius 3 is 2.33 bits per heavy atom. The number of rotatable bonds is 7. The third-order valence-corrected chi connectivity index (χ3v) is 8.10. The van der Waals surface area contributed by atoms with E-state index in [1.165, 1.54) is 26.4 Å². The van der Waals surface area contributed by atoms with Crippen LogP contribution in [0, 0.1) is 0 Å². The Balaban J connectivity index is 1.53. The summed E-state index contributed by atoms with van der Waals surface area (Å²) in [6.07, 6.45) is 3.16. The molecule has 0 atom stereocenters. The third-order valence-electron chi connectivity index (χ3n) is 6.72. The molecule has 5 rings (SSSR count). The number of benzene rings is 2. The number of fused-ring (bicyclic) bond motifs is 1. The maximum Gasteiger partial charge on any atom is 0.262 e. The van der Waals surface area contributed by atoms with Crippen LogP contribution in [0.15, 0.2) is 71.9 Å². The highest BCUT2D eigenvalue weighted by Crippen LogP contribution is 2.35. The Morgan fingerprint density at radius 2 is 1.64 bits per heavy atom. The molecule has 1 aliphatic heterocycles. The second-order valence-electron chi connectivity index (χ2n) is 9.23. The van der Waals surface area contributed by atoms with Gasteiger partial charge in [-0.25, -0.2) is 13.4 Å². The summed E-state index contributed by atoms with van der Waals surface area (Å²) in [6, 6.07) is 15.3. The molecular formula is C28H29N5O5S. The summed E-state index contributed by atoms with van der Waals surface area (Å²) in [5.41, 5.74) is 2.64. The van der Waals surface area contributed by atoms with E-state index in [0.717, 1.165) is 18.7 Å². The van der Waals surface area contributed by atoms with E-state index >= 15 is 0 Å². The Bertz CT molecular complexity index is 1620.